The maximum absolute atomic E-state index is 13.2. The molecule has 1 aromatic rings. The highest BCUT2D eigenvalue weighted by Crippen LogP contribution is 2.26. The van der Waals surface area contributed by atoms with Crippen LogP contribution in [0.15, 0.2) is 36.4 Å². The molecule has 0 aromatic heterocycles. The normalized spacial score (nSPS) is 14.0. The van der Waals surface area contributed by atoms with Crippen LogP contribution >= 0.6 is 0 Å². The van der Waals surface area contributed by atoms with Gasteiger partial charge >= 0.3 is 17.9 Å². The van der Waals surface area contributed by atoms with Crippen LogP contribution in [0.1, 0.15) is 96.0 Å². The van der Waals surface area contributed by atoms with Gasteiger partial charge in [0, 0.05) is 31.4 Å². The first-order chi connectivity index (χ1) is 20.8. The summed E-state index contributed by atoms with van der Waals surface area (Å²) in [4.78, 5) is 70.6. The third kappa shape index (κ3) is 13.9. The van der Waals surface area contributed by atoms with Crippen molar-refractivity contribution >= 4 is 35.3 Å². The molecule has 1 unspecified atom stereocenters. The molecule has 13 heteroatoms. The number of rotatable bonds is 24. The summed E-state index contributed by atoms with van der Waals surface area (Å²) < 4.78 is 0. The van der Waals surface area contributed by atoms with Crippen LogP contribution in [0.2, 0.25) is 0 Å². The van der Waals surface area contributed by atoms with Crippen molar-refractivity contribution in [2.45, 2.75) is 108 Å². The highest BCUT2D eigenvalue weighted by Gasteiger charge is 2.49. The standard InChI is InChI=1S/C31H44N2O11/c1-2-3-4-7-10-13-24(34)14-11-8-5-6-9-12-15-25(31(42,30(40)41)21-27(35)36)28(37)32-26(29(38)39)20-22-16-18-23(19-17-22)33(43)44/h12,15-19,25-26,42H,2-11,13-14,20-21H2,1H3,(H,32,37)(H,35,36)(H,38,39)(H,40,41)/t25-,26?,31+/m1/s1. The third-order valence-corrected chi connectivity index (χ3v) is 7.25. The van der Waals surface area contributed by atoms with Gasteiger partial charge in [-0.05, 0) is 31.2 Å². The van der Waals surface area contributed by atoms with Crippen molar-refractivity contribution in [3.05, 3.63) is 52.1 Å². The van der Waals surface area contributed by atoms with Crippen LogP contribution in [-0.2, 0) is 30.4 Å². The second-order valence-corrected chi connectivity index (χ2v) is 10.9. The molecule has 0 aliphatic heterocycles. The molecular weight excluding hydrogens is 576 g/mol. The number of aliphatic hydroxyl groups is 1. The zero-order valence-corrected chi connectivity index (χ0v) is 25.1. The Morgan fingerprint density at radius 2 is 1.48 bits per heavy atom. The van der Waals surface area contributed by atoms with Gasteiger partial charge in [-0.15, -0.1) is 0 Å². The van der Waals surface area contributed by atoms with Crippen LogP contribution in [0.25, 0.3) is 0 Å². The van der Waals surface area contributed by atoms with Crippen LogP contribution in [0.5, 0.6) is 0 Å². The number of allylic oxidation sites excluding steroid dienone is 1. The number of Topliss-reactive ketones (excluding diaryl/α,β-unsaturated/α-hetero) is 1. The lowest BCUT2D eigenvalue weighted by atomic mass is 9.82. The van der Waals surface area contributed by atoms with Crippen molar-refractivity contribution in [1.82, 2.24) is 5.32 Å². The van der Waals surface area contributed by atoms with Gasteiger partial charge in [0.15, 0.2) is 5.60 Å². The second-order valence-electron chi connectivity index (χ2n) is 10.9. The Labute approximate surface area is 256 Å². The van der Waals surface area contributed by atoms with E-state index >= 15 is 0 Å². The number of ketones is 1. The number of hydrogen-bond donors (Lipinski definition) is 5. The molecule has 1 amide bonds. The Hall–Kier alpha value is -4.13. The number of carboxylic acid groups (broad SMARTS) is 3. The Kier molecular flexibility index (Phi) is 17.2. The highest BCUT2D eigenvalue weighted by molar-refractivity contribution is 5.94. The number of nitro benzene ring substituents is 1. The molecule has 0 bridgehead atoms. The lowest BCUT2D eigenvalue weighted by molar-refractivity contribution is -0.384. The molecule has 244 valence electrons. The van der Waals surface area contributed by atoms with Crippen molar-refractivity contribution in [1.29, 1.82) is 0 Å². The number of aliphatic carboxylic acids is 3. The van der Waals surface area contributed by atoms with E-state index in [-0.39, 0.29) is 17.9 Å². The van der Waals surface area contributed by atoms with E-state index < -0.39 is 52.7 Å². The number of hydrogen-bond acceptors (Lipinski definition) is 8. The smallest absolute Gasteiger partial charge is 0.337 e. The summed E-state index contributed by atoms with van der Waals surface area (Å²) in [5, 5.41) is 52.4. The summed E-state index contributed by atoms with van der Waals surface area (Å²) >= 11 is 0. The first kappa shape index (κ1) is 37.9. The van der Waals surface area contributed by atoms with Gasteiger partial charge < -0.3 is 25.7 Å². The molecule has 1 rings (SSSR count). The van der Waals surface area contributed by atoms with Crippen LogP contribution in [0, 0.1) is 16.0 Å². The number of nitrogens with one attached hydrogen (secondary N) is 1. The minimum absolute atomic E-state index is 0.225. The SMILES string of the molecule is CCCCCCCC(=O)CCCCCCC=C[C@H](C(=O)NC(Cc1ccc([N+](=O)[O-])cc1)C(=O)O)[C@@](O)(CC(=O)O)C(=O)O. The number of carbonyl (C=O) groups is 5. The van der Waals surface area contributed by atoms with Gasteiger partial charge in [-0.1, -0.05) is 69.7 Å². The van der Waals surface area contributed by atoms with Crippen molar-refractivity contribution in [3.8, 4) is 0 Å². The average molecular weight is 621 g/mol. The summed E-state index contributed by atoms with van der Waals surface area (Å²) in [7, 11) is 0. The number of non-ortho nitro benzene ring substituents is 1. The van der Waals surface area contributed by atoms with E-state index in [0.717, 1.165) is 63.2 Å². The van der Waals surface area contributed by atoms with E-state index in [2.05, 4.69) is 12.2 Å². The molecule has 0 radical (unpaired) electrons. The lowest BCUT2D eigenvalue weighted by Gasteiger charge is -2.29. The fourth-order valence-corrected chi connectivity index (χ4v) is 4.68. The van der Waals surface area contributed by atoms with Gasteiger partial charge in [0.25, 0.3) is 5.69 Å². The second kappa shape index (κ2) is 19.9. The topological polar surface area (TPSA) is 221 Å². The molecule has 0 heterocycles. The Morgan fingerprint density at radius 1 is 0.909 bits per heavy atom. The number of nitrogens with zero attached hydrogens (tertiary/aromatic N) is 1. The molecule has 0 fully saturated rings. The molecule has 5 N–H and O–H groups in total. The van der Waals surface area contributed by atoms with Crippen molar-refractivity contribution < 1.29 is 49.3 Å². The van der Waals surface area contributed by atoms with E-state index in [1.54, 1.807) is 0 Å². The van der Waals surface area contributed by atoms with Crippen LogP contribution in [0.4, 0.5) is 5.69 Å². The maximum Gasteiger partial charge on any atom is 0.337 e. The zero-order chi connectivity index (χ0) is 33.1. The van der Waals surface area contributed by atoms with Crippen LogP contribution in [-0.4, -0.2) is 66.6 Å². The predicted octanol–water partition coefficient (Wildman–Crippen LogP) is 4.44. The van der Waals surface area contributed by atoms with Crippen molar-refractivity contribution in [2.75, 3.05) is 0 Å². The van der Waals surface area contributed by atoms with Gasteiger partial charge in [0.05, 0.1) is 17.3 Å². The quantitative estimate of drug-likeness (QED) is 0.0470. The summed E-state index contributed by atoms with van der Waals surface area (Å²) in [6, 6.07) is 3.32. The Morgan fingerprint density at radius 3 is 1.98 bits per heavy atom. The van der Waals surface area contributed by atoms with Gasteiger partial charge in [0.2, 0.25) is 5.91 Å². The van der Waals surface area contributed by atoms with E-state index in [0.29, 0.717) is 31.2 Å². The number of unbranched alkanes of at least 4 members (excludes halogenated alkanes) is 8. The summed E-state index contributed by atoms with van der Waals surface area (Å²) in [5.74, 6) is -8.06. The van der Waals surface area contributed by atoms with Crippen LogP contribution in [0.3, 0.4) is 0 Å². The number of carbonyl (C=O) groups excluding carboxylic acids is 2. The molecule has 0 saturated heterocycles. The van der Waals surface area contributed by atoms with Gasteiger partial charge in [-0.2, -0.15) is 0 Å². The van der Waals surface area contributed by atoms with Gasteiger partial charge in [-0.3, -0.25) is 24.5 Å². The molecule has 3 atom stereocenters. The highest BCUT2D eigenvalue weighted by atomic mass is 16.6. The summed E-state index contributed by atoms with van der Waals surface area (Å²) in [6.45, 7) is 2.14. The minimum Gasteiger partial charge on any atom is -0.481 e. The zero-order valence-electron chi connectivity index (χ0n) is 25.1. The molecule has 0 spiro atoms. The summed E-state index contributed by atoms with van der Waals surface area (Å²) in [6.07, 6.45) is 10.7. The van der Waals surface area contributed by atoms with Gasteiger partial charge in [-0.25, -0.2) is 9.59 Å². The van der Waals surface area contributed by atoms with E-state index in [1.165, 1.54) is 24.6 Å². The molecule has 0 aliphatic rings. The number of carboxylic acids is 3. The fourth-order valence-electron chi connectivity index (χ4n) is 4.68. The largest absolute Gasteiger partial charge is 0.481 e. The molecule has 13 nitrogen and oxygen atoms in total. The lowest BCUT2D eigenvalue weighted by Crippen LogP contribution is -2.55. The van der Waals surface area contributed by atoms with Crippen LogP contribution < -0.4 is 5.32 Å². The average Bonchev–Trinajstić information content (AvgIpc) is 2.95. The summed E-state index contributed by atoms with van der Waals surface area (Å²) in [5.41, 5.74) is -2.97. The minimum atomic E-state index is -3.07. The fraction of sp³-hybridized carbons (Fsp3) is 0.581. The number of amides is 1. The van der Waals surface area contributed by atoms with Gasteiger partial charge in [0.1, 0.15) is 11.8 Å². The third-order valence-electron chi connectivity index (χ3n) is 7.25. The van der Waals surface area contributed by atoms with Crippen molar-refractivity contribution in [3.63, 3.8) is 0 Å². The van der Waals surface area contributed by atoms with E-state index in [1.807, 2.05) is 0 Å². The predicted molar refractivity (Wildman–Crippen MR) is 160 cm³/mol. The van der Waals surface area contributed by atoms with E-state index in [4.69, 9.17) is 0 Å². The Balaban J connectivity index is 2.83. The van der Waals surface area contributed by atoms with Crippen molar-refractivity contribution in [2.24, 2.45) is 5.92 Å². The molecule has 0 saturated carbocycles. The Bertz CT molecular complexity index is 1150. The maximum atomic E-state index is 13.2. The number of nitro groups is 1. The monoisotopic (exact) mass is 620 g/mol. The number of benzene rings is 1. The molecule has 44 heavy (non-hydrogen) atoms. The molecular formula is C31H44N2O11. The van der Waals surface area contributed by atoms with E-state index in [9.17, 15) is 54.5 Å². The molecule has 0 aliphatic carbocycles. The first-order valence-corrected chi connectivity index (χ1v) is 14.9. The molecule has 1 aromatic carbocycles. The first-order valence-electron chi connectivity index (χ1n) is 14.9.